The molecule has 0 spiro atoms. The second-order valence-electron chi connectivity index (χ2n) is 5.53. The van der Waals surface area contributed by atoms with Gasteiger partial charge in [0.15, 0.2) is 9.84 Å². The molecule has 0 radical (unpaired) electrons. The Kier molecular flexibility index (Phi) is 6.50. The lowest BCUT2D eigenvalue weighted by Crippen LogP contribution is -2.43. The number of rotatable bonds is 6. The Labute approximate surface area is 145 Å². The average Bonchev–Trinajstić information content (AvgIpc) is 2.90. The first-order valence-electron chi connectivity index (χ1n) is 7.43. The molecule has 0 aliphatic carbocycles. The molecule has 9 heteroatoms. The first-order chi connectivity index (χ1) is 11.4. The van der Waals surface area contributed by atoms with Crippen LogP contribution in [0.1, 0.15) is 12.8 Å². The zero-order valence-corrected chi connectivity index (χ0v) is 14.9. The Hall–Kier alpha value is -1.74. The van der Waals surface area contributed by atoms with E-state index in [9.17, 15) is 18.0 Å². The number of amides is 2. The van der Waals surface area contributed by atoms with E-state index in [0.29, 0.717) is 6.42 Å². The van der Waals surface area contributed by atoms with Crippen molar-refractivity contribution in [1.29, 1.82) is 0 Å². The Balaban J connectivity index is 1.66. The first kappa shape index (κ1) is 18.6. The van der Waals surface area contributed by atoms with Gasteiger partial charge in [0.05, 0.1) is 24.4 Å². The largest absolute Gasteiger partial charge is 0.497 e. The summed E-state index contributed by atoms with van der Waals surface area (Å²) in [6.07, 6.45) is 0.599. The van der Waals surface area contributed by atoms with Gasteiger partial charge >= 0.3 is 0 Å². The number of hydrazine groups is 1. The smallest absolute Gasteiger partial charge is 0.248 e. The molecule has 0 bridgehead atoms. The fraction of sp³-hybridized carbons (Fsp3) is 0.467. The number of thioether (sulfide) groups is 1. The lowest BCUT2D eigenvalue weighted by atomic mass is 10.1. The van der Waals surface area contributed by atoms with Gasteiger partial charge in [-0.3, -0.25) is 20.4 Å². The lowest BCUT2D eigenvalue weighted by molar-refractivity contribution is -0.128. The summed E-state index contributed by atoms with van der Waals surface area (Å²) in [6, 6.07) is 7.29. The van der Waals surface area contributed by atoms with E-state index in [1.165, 1.54) is 11.8 Å². The topological polar surface area (TPSA) is 102 Å². The summed E-state index contributed by atoms with van der Waals surface area (Å²) in [5.41, 5.74) is 4.66. The third-order valence-electron chi connectivity index (χ3n) is 3.57. The molecule has 7 nitrogen and oxygen atoms in total. The summed E-state index contributed by atoms with van der Waals surface area (Å²) in [6.45, 7) is 0. The van der Waals surface area contributed by atoms with Gasteiger partial charge < -0.3 is 4.74 Å². The van der Waals surface area contributed by atoms with Crippen LogP contribution in [0.15, 0.2) is 29.2 Å². The van der Waals surface area contributed by atoms with Crippen LogP contribution in [0.2, 0.25) is 0 Å². The van der Waals surface area contributed by atoms with E-state index in [0.717, 1.165) is 10.6 Å². The van der Waals surface area contributed by atoms with E-state index in [1.54, 1.807) is 19.2 Å². The Morgan fingerprint density at radius 1 is 1.21 bits per heavy atom. The molecule has 1 aromatic carbocycles. The van der Waals surface area contributed by atoms with Crippen molar-refractivity contribution in [2.75, 3.05) is 24.4 Å². The molecule has 1 aromatic rings. The highest BCUT2D eigenvalue weighted by Crippen LogP contribution is 2.22. The highest BCUT2D eigenvalue weighted by atomic mass is 32.2. The first-order valence-corrected chi connectivity index (χ1v) is 10.2. The second kappa shape index (κ2) is 8.39. The number of nitrogens with one attached hydrogen (secondary N) is 2. The molecule has 0 unspecified atom stereocenters. The minimum atomic E-state index is -3.00. The van der Waals surface area contributed by atoms with Crippen molar-refractivity contribution >= 4 is 33.4 Å². The van der Waals surface area contributed by atoms with Crippen LogP contribution in [0.3, 0.4) is 0 Å². The summed E-state index contributed by atoms with van der Waals surface area (Å²) in [7, 11) is -1.41. The van der Waals surface area contributed by atoms with Crippen LogP contribution in [0.4, 0.5) is 0 Å². The minimum Gasteiger partial charge on any atom is -0.497 e. The highest BCUT2D eigenvalue weighted by Gasteiger charge is 2.29. The number of ether oxygens (including phenoxy) is 1. The molecule has 1 aliphatic rings. The van der Waals surface area contributed by atoms with Gasteiger partial charge in [-0.15, -0.1) is 11.8 Å². The van der Waals surface area contributed by atoms with E-state index >= 15 is 0 Å². The molecule has 2 rings (SSSR count). The summed E-state index contributed by atoms with van der Waals surface area (Å²) >= 11 is 1.33. The van der Waals surface area contributed by atoms with E-state index in [1.807, 2.05) is 12.1 Å². The monoisotopic (exact) mass is 372 g/mol. The highest BCUT2D eigenvalue weighted by molar-refractivity contribution is 8.00. The predicted octanol–water partition coefficient (Wildman–Crippen LogP) is 0.759. The molecular formula is C15H20N2O5S2. The Bertz CT molecular complexity index is 688. The van der Waals surface area contributed by atoms with E-state index in [4.69, 9.17) is 4.74 Å². The van der Waals surface area contributed by atoms with Crippen LogP contribution < -0.4 is 15.6 Å². The van der Waals surface area contributed by atoms with Crippen LogP contribution in [0, 0.1) is 5.92 Å². The molecule has 2 N–H and O–H groups in total. The maximum absolute atomic E-state index is 11.7. The molecule has 0 saturated carbocycles. The van der Waals surface area contributed by atoms with Crippen molar-refractivity contribution in [3.05, 3.63) is 24.3 Å². The van der Waals surface area contributed by atoms with Crippen LogP contribution in [0.25, 0.3) is 0 Å². The van der Waals surface area contributed by atoms with Crippen LogP contribution in [-0.2, 0) is 19.4 Å². The zero-order valence-electron chi connectivity index (χ0n) is 13.3. The minimum absolute atomic E-state index is 0.0433. The summed E-state index contributed by atoms with van der Waals surface area (Å²) in [4.78, 5) is 24.3. The van der Waals surface area contributed by atoms with Crippen LogP contribution in [0.5, 0.6) is 5.75 Å². The van der Waals surface area contributed by atoms with E-state index in [-0.39, 0.29) is 41.4 Å². The molecule has 1 aliphatic heterocycles. The number of methoxy groups -OCH3 is 1. The predicted molar refractivity (Wildman–Crippen MR) is 91.4 cm³/mol. The van der Waals surface area contributed by atoms with Gasteiger partial charge in [-0.1, -0.05) is 0 Å². The number of carbonyl (C=O) groups excluding carboxylic acids is 2. The zero-order chi connectivity index (χ0) is 17.6. The summed E-state index contributed by atoms with van der Waals surface area (Å²) in [5, 5.41) is 0. The summed E-state index contributed by atoms with van der Waals surface area (Å²) in [5.74, 6) is 0.204. The normalized spacial score (nSPS) is 18.8. The molecule has 1 heterocycles. The average molecular weight is 372 g/mol. The van der Waals surface area contributed by atoms with E-state index in [2.05, 4.69) is 10.9 Å². The number of benzene rings is 1. The number of hydrogen-bond donors (Lipinski definition) is 2. The quantitative estimate of drug-likeness (QED) is 0.565. The van der Waals surface area contributed by atoms with Gasteiger partial charge in [-0.05, 0) is 36.6 Å². The molecule has 0 aromatic heterocycles. The van der Waals surface area contributed by atoms with Gasteiger partial charge in [0.2, 0.25) is 11.8 Å². The molecule has 24 heavy (non-hydrogen) atoms. The van der Waals surface area contributed by atoms with Crippen LogP contribution >= 0.6 is 11.8 Å². The van der Waals surface area contributed by atoms with Gasteiger partial charge in [-0.2, -0.15) is 0 Å². The summed E-state index contributed by atoms with van der Waals surface area (Å²) < 4.78 is 27.7. The number of sulfone groups is 1. The van der Waals surface area contributed by atoms with E-state index < -0.39 is 9.84 Å². The Morgan fingerprint density at radius 3 is 2.46 bits per heavy atom. The molecule has 132 valence electrons. The maximum atomic E-state index is 11.7. The molecule has 2 amide bonds. The van der Waals surface area contributed by atoms with Crippen molar-refractivity contribution in [2.45, 2.75) is 17.7 Å². The third-order valence-corrected chi connectivity index (χ3v) is 6.42. The lowest BCUT2D eigenvalue weighted by Gasteiger charge is -2.10. The van der Waals surface area contributed by atoms with Crippen molar-refractivity contribution in [2.24, 2.45) is 5.92 Å². The number of carbonyl (C=O) groups is 2. The SMILES string of the molecule is COc1ccc(SCC(=O)NNC(=O)C[C@@H]2CCS(=O)(=O)C2)cc1. The van der Waals surface area contributed by atoms with Crippen molar-refractivity contribution in [3.63, 3.8) is 0 Å². The van der Waals surface area contributed by atoms with Crippen molar-refractivity contribution in [1.82, 2.24) is 10.9 Å². The molecule has 1 atom stereocenters. The molecular weight excluding hydrogens is 352 g/mol. The Morgan fingerprint density at radius 2 is 1.88 bits per heavy atom. The van der Waals surface area contributed by atoms with Gasteiger partial charge in [0.25, 0.3) is 0 Å². The fourth-order valence-electron chi connectivity index (χ4n) is 2.34. The third kappa shape index (κ3) is 6.04. The second-order valence-corrected chi connectivity index (χ2v) is 8.81. The van der Waals surface area contributed by atoms with Gasteiger partial charge in [0.1, 0.15) is 5.75 Å². The fourth-order valence-corrected chi connectivity index (χ4v) is 4.90. The van der Waals surface area contributed by atoms with Crippen molar-refractivity contribution in [3.8, 4) is 5.75 Å². The standard InChI is InChI=1S/C15H20N2O5S2/c1-22-12-2-4-13(5-3-12)23-9-15(19)17-16-14(18)8-11-6-7-24(20,21)10-11/h2-5,11H,6-10H2,1H3,(H,16,18)(H,17,19)/t11-/m0/s1. The van der Waals surface area contributed by atoms with Gasteiger partial charge in [-0.25, -0.2) is 8.42 Å². The molecule has 1 saturated heterocycles. The van der Waals surface area contributed by atoms with Crippen molar-refractivity contribution < 1.29 is 22.7 Å². The maximum Gasteiger partial charge on any atom is 0.248 e. The van der Waals surface area contributed by atoms with Crippen LogP contribution in [-0.4, -0.2) is 44.6 Å². The number of hydrogen-bond acceptors (Lipinski definition) is 6. The molecule has 1 fully saturated rings. The van der Waals surface area contributed by atoms with Gasteiger partial charge in [0, 0.05) is 11.3 Å².